The molecule has 0 bridgehead atoms. The van der Waals surface area contributed by atoms with Gasteiger partial charge in [0, 0.05) is 42.7 Å². The van der Waals surface area contributed by atoms with Crippen molar-refractivity contribution in [3.63, 3.8) is 0 Å². The maximum absolute atomic E-state index is 7.05. The number of para-hydroxylation sites is 1. The van der Waals surface area contributed by atoms with Gasteiger partial charge < -0.3 is 15.0 Å². The largest absolute Gasteiger partial charge is 0.487 e. The molecule has 2 N–H and O–H groups in total. The minimum Gasteiger partial charge on any atom is -0.487 e. The number of aromatic nitrogens is 1. The van der Waals surface area contributed by atoms with E-state index < -0.39 is 0 Å². The highest BCUT2D eigenvalue weighted by Crippen LogP contribution is 2.48. The molecule has 0 amide bonds. The molecule has 4 heteroatoms. The number of thiophene rings is 1. The second-order valence-corrected chi connectivity index (χ2v) is 17.3. The van der Waals surface area contributed by atoms with Gasteiger partial charge in [-0.2, -0.15) is 0 Å². The minimum atomic E-state index is 0.402. The molecule has 1 atom stereocenters. The topological polar surface area (TPSA) is 40.2 Å². The number of hydrogen-bond donors (Lipinski definition) is 1. The van der Waals surface area contributed by atoms with E-state index in [0.717, 1.165) is 33.9 Å². The highest BCUT2D eigenvalue weighted by molar-refractivity contribution is 7.26. The number of benzene rings is 8. The summed E-state index contributed by atoms with van der Waals surface area (Å²) < 4.78 is 11.5. The van der Waals surface area contributed by atoms with E-state index in [0.29, 0.717) is 24.0 Å². The lowest BCUT2D eigenvalue weighted by molar-refractivity contribution is 0.308. The third kappa shape index (κ3) is 6.10. The fraction of sp³-hybridized carbons (Fsp3) is 0.0526. The van der Waals surface area contributed by atoms with Gasteiger partial charge in [0.25, 0.3) is 0 Å². The number of nitrogen functional groups attached to an aromatic ring is 1. The Morgan fingerprint density at radius 2 is 1.38 bits per heavy atom. The van der Waals surface area contributed by atoms with Crippen LogP contribution in [0.15, 0.2) is 200 Å². The van der Waals surface area contributed by atoms with E-state index in [9.17, 15) is 0 Å². The zero-order chi connectivity index (χ0) is 40.4. The van der Waals surface area contributed by atoms with Crippen LogP contribution >= 0.6 is 11.3 Å². The van der Waals surface area contributed by atoms with Gasteiger partial charge in [0.1, 0.15) is 12.4 Å². The Kier molecular flexibility index (Phi) is 8.39. The van der Waals surface area contributed by atoms with Gasteiger partial charge in [-0.1, -0.05) is 146 Å². The molecule has 10 aromatic rings. The van der Waals surface area contributed by atoms with Gasteiger partial charge in [-0.25, -0.2) is 0 Å². The van der Waals surface area contributed by atoms with Crippen molar-refractivity contribution in [3.05, 3.63) is 217 Å². The standard InChI is InChI=1S/C57H40N2OS/c58-56-53(34-48(57-55(56)47-19-8-9-20-54(47)61-57)45-16-10-15-40(30-45)43-26-25-37-11-4-5-12-39(37)29-43)60-35-36-21-23-38(24-22-36)44-27-28-51-49(32-44)50-31-41-13-6-7-14-42(41)33-52(50)59(51)46-17-2-1-3-18-46/h1-30,32-34,41H,31,35,58H2. The molecule has 12 rings (SSSR count). The summed E-state index contributed by atoms with van der Waals surface area (Å²) >= 11 is 1.79. The van der Waals surface area contributed by atoms with E-state index >= 15 is 0 Å². The first-order valence-corrected chi connectivity index (χ1v) is 21.8. The van der Waals surface area contributed by atoms with Gasteiger partial charge in [0.2, 0.25) is 0 Å². The Labute approximate surface area is 358 Å². The average Bonchev–Trinajstić information content (AvgIpc) is 3.87. The molecule has 8 aromatic carbocycles. The molecule has 0 spiro atoms. The molecule has 0 saturated carbocycles. The summed E-state index contributed by atoms with van der Waals surface area (Å²) in [5, 5.41) is 6.00. The average molecular weight is 801 g/mol. The van der Waals surface area contributed by atoms with E-state index in [1.54, 1.807) is 11.3 Å². The Morgan fingerprint density at radius 3 is 2.28 bits per heavy atom. The van der Waals surface area contributed by atoms with Crippen molar-refractivity contribution in [2.45, 2.75) is 13.0 Å². The third-order valence-corrected chi connectivity index (χ3v) is 13.8. The van der Waals surface area contributed by atoms with Crippen LogP contribution in [0.2, 0.25) is 0 Å². The van der Waals surface area contributed by atoms with Crippen molar-refractivity contribution in [3.8, 4) is 44.8 Å². The molecular weight excluding hydrogens is 761 g/mol. The van der Waals surface area contributed by atoms with Crippen molar-refractivity contribution >= 4 is 64.9 Å². The maximum atomic E-state index is 7.05. The van der Waals surface area contributed by atoms with Crippen LogP contribution in [-0.4, -0.2) is 4.57 Å². The van der Waals surface area contributed by atoms with E-state index in [1.165, 1.54) is 75.8 Å². The molecule has 0 saturated heterocycles. The zero-order valence-corrected chi connectivity index (χ0v) is 34.2. The van der Waals surface area contributed by atoms with Crippen molar-refractivity contribution in [2.75, 3.05) is 5.73 Å². The molecule has 0 radical (unpaired) electrons. The quantitative estimate of drug-likeness (QED) is 0.163. The van der Waals surface area contributed by atoms with Crippen LogP contribution in [-0.2, 0) is 13.0 Å². The fourth-order valence-corrected chi connectivity index (χ4v) is 10.8. The Morgan fingerprint density at radius 1 is 0.623 bits per heavy atom. The van der Waals surface area contributed by atoms with Crippen LogP contribution in [0.3, 0.4) is 0 Å². The highest BCUT2D eigenvalue weighted by Gasteiger charge is 2.26. The molecule has 2 aliphatic rings. The van der Waals surface area contributed by atoms with Crippen LogP contribution in [0, 0.1) is 5.92 Å². The number of ether oxygens (including phenoxy) is 1. The lowest BCUT2D eigenvalue weighted by atomic mass is 9.83. The van der Waals surface area contributed by atoms with E-state index in [-0.39, 0.29) is 0 Å². The third-order valence-electron chi connectivity index (χ3n) is 12.6. The first kappa shape index (κ1) is 35.5. The Bertz CT molecular complexity index is 3460. The van der Waals surface area contributed by atoms with Gasteiger partial charge in [-0.05, 0) is 116 Å². The van der Waals surface area contributed by atoms with Gasteiger partial charge in [0.05, 0.1) is 16.9 Å². The van der Waals surface area contributed by atoms with Gasteiger partial charge in [0.15, 0.2) is 0 Å². The number of rotatable bonds is 7. The number of allylic oxidation sites excluding steroid dienone is 5. The van der Waals surface area contributed by atoms with Crippen LogP contribution in [0.5, 0.6) is 5.75 Å². The summed E-state index contributed by atoms with van der Waals surface area (Å²) in [4.78, 5) is 0. The van der Waals surface area contributed by atoms with Crippen molar-refractivity contribution in [2.24, 2.45) is 5.92 Å². The summed E-state index contributed by atoms with van der Waals surface area (Å²) in [6, 6.07) is 61.2. The van der Waals surface area contributed by atoms with Crippen LogP contribution in [0.4, 0.5) is 5.69 Å². The van der Waals surface area contributed by atoms with Crippen molar-refractivity contribution in [1.29, 1.82) is 0 Å². The van der Waals surface area contributed by atoms with E-state index in [2.05, 4.69) is 205 Å². The number of anilines is 1. The van der Waals surface area contributed by atoms with Crippen LogP contribution < -0.4 is 10.5 Å². The molecular formula is C57H40N2OS. The molecule has 2 heterocycles. The summed E-state index contributed by atoms with van der Waals surface area (Å²) in [5.41, 5.74) is 22.3. The highest BCUT2D eigenvalue weighted by atomic mass is 32.1. The summed E-state index contributed by atoms with van der Waals surface area (Å²) in [5.74, 6) is 1.10. The van der Waals surface area contributed by atoms with Crippen molar-refractivity contribution in [1.82, 2.24) is 4.57 Å². The fourth-order valence-electron chi connectivity index (χ4n) is 9.52. The smallest absolute Gasteiger partial charge is 0.144 e. The molecule has 0 aliphatic heterocycles. The normalized spacial score (nSPS) is 14.4. The first-order chi connectivity index (χ1) is 30.1. The number of nitrogens with zero attached hydrogens (tertiary/aromatic N) is 1. The molecule has 0 fully saturated rings. The Balaban J connectivity index is 0.876. The SMILES string of the molecule is Nc1c(OCc2ccc(-c3ccc4c(c3)c3c(n4-c4ccccc4)C=C4C=CC=CC4C3)cc2)cc(-c2cccc(-c3ccc4ccccc4c3)c2)c2sc3ccccc3c12. The van der Waals surface area contributed by atoms with Gasteiger partial charge >= 0.3 is 0 Å². The summed E-state index contributed by atoms with van der Waals surface area (Å²) in [6.07, 6.45) is 12.3. The Hall–Kier alpha value is -7.40. The second-order valence-electron chi connectivity index (χ2n) is 16.2. The van der Waals surface area contributed by atoms with Crippen LogP contribution in [0.25, 0.3) is 87.0 Å². The number of hydrogen-bond acceptors (Lipinski definition) is 3. The number of nitrogens with two attached hydrogens (primary N) is 1. The maximum Gasteiger partial charge on any atom is 0.144 e. The molecule has 290 valence electrons. The van der Waals surface area contributed by atoms with Gasteiger partial charge in [-0.15, -0.1) is 11.3 Å². The molecule has 2 aliphatic carbocycles. The van der Waals surface area contributed by atoms with Crippen LogP contribution in [0.1, 0.15) is 16.8 Å². The zero-order valence-electron chi connectivity index (χ0n) is 33.4. The van der Waals surface area contributed by atoms with E-state index in [4.69, 9.17) is 10.5 Å². The van der Waals surface area contributed by atoms with Gasteiger partial charge in [-0.3, -0.25) is 0 Å². The van der Waals surface area contributed by atoms with Crippen molar-refractivity contribution < 1.29 is 4.74 Å². The summed E-state index contributed by atoms with van der Waals surface area (Å²) in [7, 11) is 0. The second kappa shape index (κ2) is 14.4. The minimum absolute atomic E-state index is 0.402. The number of fused-ring (bicyclic) bond motifs is 8. The molecule has 61 heavy (non-hydrogen) atoms. The molecule has 1 unspecified atom stereocenters. The molecule has 3 nitrogen and oxygen atoms in total. The monoisotopic (exact) mass is 800 g/mol. The molecule has 2 aromatic heterocycles. The predicted molar refractivity (Wildman–Crippen MR) is 259 cm³/mol. The summed E-state index contributed by atoms with van der Waals surface area (Å²) in [6.45, 7) is 0.402. The lowest BCUT2D eigenvalue weighted by Gasteiger charge is -2.23. The lowest BCUT2D eigenvalue weighted by Crippen LogP contribution is -2.12. The first-order valence-electron chi connectivity index (χ1n) is 21.0. The van der Waals surface area contributed by atoms with E-state index in [1.807, 2.05) is 0 Å². The predicted octanol–water partition coefficient (Wildman–Crippen LogP) is 15.0.